The second kappa shape index (κ2) is 7.09. The van der Waals surface area contributed by atoms with Gasteiger partial charge in [0.05, 0.1) is 11.5 Å². The van der Waals surface area contributed by atoms with Crippen LogP contribution in [0.2, 0.25) is 10.0 Å². The summed E-state index contributed by atoms with van der Waals surface area (Å²) in [6.45, 7) is 0.0640. The maximum atomic E-state index is 12.1. The van der Waals surface area contributed by atoms with Crippen molar-refractivity contribution >= 4 is 44.6 Å². The molecule has 0 spiro atoms. The van der Waals surface area contributed by atoms with Gasteiger partial charge < -0.3 is 5.11 Å². The average Bonchev–Trinajstić information content (AvgIpc) is 2.91. The van der Waals surface area contributed by atoms with Gasteiger partial charge in [0.2, 0.25) is 10.0 Å². The van der Waals surface area contributed by atoms with Crippen LogP contribution in [-0.4, -0.2) is 20.1 Å². The fraction of sp³-hybridized carbons (Fsp3) is 0.231. The number of hydrogen-bond donors (Lipinski definition) is 2. The van der Waals surface area contributed by atoms with Gasteiger partial charge in [-0.25, -0.2) is 13.1 Å². The topological polar surface area (TPSA) is 66.4 Å². The molecule has 0 aliphatic heterocycles. The zero-order valence-corrected chi connectivity index (χ0v) is 14.0. The van der Waals surface area contributed by atoms with Gasteiger partial charge in [-0.15, -0.1) is 11.3 Å². The highest BCUT2D eigenvalue weighted by atomic mass is 35.5. The third-order valence-corrected chi connectivity index (χ3v) is 5.90. The molecule has 0 aliphatic rings. The molecule has 2 N–H and O–H groups in total. The lowest BCUT2D eigenvalue weighted by Gasteiger charge is -2.07. The van der Waals surface area contributed by atoms with Gasteiger partial charge in [0.1, 0.15) is 0 Å². The predicted molar refractivity (Wildman–Crippen MR) is 85.6 cm³/mol. The summed E-state index contributed by atoms with van der Waals surface area (Å²) in [4.78, 5) is 0.773. The van der Waals surface area contributed by atoms with Gasteiger partial charge in [0, 0.05) is 26.8 Å². The lowest BCUT2D eigenvalue weighted by molar-refractivity contribution is 0.285. The van der Waals surface area contributed by atoms with Gasteiger partial charge in [0.25, 0.3) is 0 Å². The van der Waals surface area contributed by atoms with E-state index in [9.17, 15) is 8.42 Å². The third-order valence-electron chi connectivity index (χ3n) is 2.80. The van der Waals surface area contributed by atoms with Crippen molar-refractivity contribution in [2.75, 3.05) is 6.54 Å². The number of aliphatic hydroxyl groups is 1. The summed E-state index contributed by atoms with van der Waals surface area (Å²) in [5, 5.41) is 11.5. The van der Waals surface area contributed by atoms with Crippen molar-refractivity contribution in [2.45, 2.75) is 17.9 Å². The first-order valence-corrected chi connectivity index (χ1v) is 9.16. The highest BCUT2D eigenvalue weighted by molar-refractivity contribution is 7.89. The number of thiophene rings is 1. The van der Waals surface area contributed by atoms with Crippen LogP contribution < -0.4 is 4.72 Å². The molecule has 0 radical (unpaired) electrons. The summed E-state index contributed by atoms with van der Waals surface area (Å²) in [7, 11) is -3.56. The van der Waals surface area contributed by atoms with Crippen molar-refractivity contribution < 1.29 is 13.5 Å². The van der Waals surface area contributed by atoms with Crippen molar-refractivity contribution in [3.8, 4) is 0 Å². The quantitative estimate of drug-likeness (QED) is 0.826. The van der Waals surface area contributed by atoms with E-state index in [0.717, 1.165) is 5.56 Å². The highest BCUT2D eigenvalue weighted by Gasteiger charge is 2.15. The smallest absolute Gasteiger partial charge is 0.241 e. The molecule has 1 heterocycles. The van der Waals surface area contributed by atoms with E-state index in [2.05, 4.69) is 4.72 Å². The summed E-state index contributed by atoms with van der Waals surface area (Å²) < 4.78 is 26.6. The lowest BCUT2D eigenvalue weighted by Crippen LogP contribution is -2.25. The Morgan fingerprint density at radius 1 is 1.24 bits per heavy atom. The van der Waals surface area contributed by atoms with Crippen LogP contribution in [0, 0.1) is 0 Å². The second-order valence-corrected chi connectivity index (χ2v) is 7.90. The fourth-order valence-corrected chi connectivity index (χ4v) is 4.38. The molecule has 2 aromatic rings. The van der Waals surface area contributed by atoms with E-state index in [0.29, 0.717) is 21.3 Å². The molecular formula is C13H13Cl2NO3S2. The first-order valence-electron chi connectivity index (χ1n) is 6.04. The monoisotopic (exact) mass is 365 g/mol. The van der Waals surface area contributed by atoms with Gasteiger partial charge in [-0.1, -0.05) is 29.3 Å². The first kappa shape index (κ1) is 16.7. The normalized spacial score (nSPS) is 11.8. The minimum absolute atomic E-state index is 0.166. The van der Waals surface area contributed by atoms with E-state index in [4.69, 9.17) is 28.3 Å². The molecule has 0 unspecified atom stereocenters. The molecule has 21 heavy (non-hydrogen) atoms. The maximum absolute atomic E-state index is 12.1. The van der Waals surface area contributed by atoms with Gasteiger partial charge in [0.15, 0.2) is 0 Å². The van der Waals surface area contributed by atoms with Crippen LogP contribution in [0.5, 0.6) is 0 Å². The van der Waals surface area contributed by atoms with Crippen LogP contribution in [-0.2, 0) is 23.1 Å². The summed E-state index contributed by atoms with van der Waals surface area (Å²) >= 11 is 13.0. The van der Waals surface area contributed by atoms with Crippen LogP contribution in [0.3, 0.4) is 0 Å². The molecule has 0 saturated heterocycles. The molecule has 114 valence electrons. The third kappa shape index (κ3) is 4.42. The SMILES string of the molecule is O=S(=O)(NCCc1ccc(Cl)cc1Cl)c1csc(CO)c1. The number of rotatable bonds is 6. The van der Waals surface area contributed by atoms with Crippen LogP contribution in [0.1, 0.15) is 10.4 Å². The second-order valence-electron chi connectivity index (χ2n) is 4.29. The lowest BCUT2D eigenvalue weighted by atomic mass is 10.1. The average molecular weight is 366 g/mol. The van der Waals surface area contributed by atoms with E-state index >= 15 is 0 Å². The number of aliphatic hydroxyl groups excluding tert-OH is 1. The molecule has 0 fully saturated rings. The highest BCUT2D eigenvalue weighted by Crippen LogP contribution is 2.22. The maximum Gasteiger partial charge on any atom is 0.241 e. The Morgan fingerprint density at radius 3 is 2.62 bits per heavy atom. The molecular weight excluding hydrogens is 353 g/mol. The van der Waals surface area contributed by atoms with Gasteiger partial charge >= 0.3 is 0 Å². The van der Waals surface area contributed by atoms with Crippen LogP contribution in [0.15, 0.2) is 34.5 Å². The molecule has 1 aromatic heterocycles. The van der Waals surface area contributed by atoms with E-state index < -0.39 is 10.0 Å². The standard InChI is InChI=1S/C13H13Cl2NO3S2/c14-10-2-1-9(13(15)5-10)3-4-16-21(18,19)12-6-11(7-17)20-8-12/h1-2,5-6,8,16-17H,3-4,7H2. The predicted octanol–water partition coefficient (Wildman–Crippen LogP) is 3.07. The van der Waals surface area contributed by atoms with Crippen molar-refractivity contribution in [3.63, 3.8) is 0 Å². The van der Waals surface area contributed by atoms with Crippen molar-refractivity contribution in [1.29, 1.82) is 0 Å². The van der Waals surface area contributed by atoms with Gasteiger partial charge in [-0.3, -0.25) is 0 Å². The molecule has 0 atom stereocenters. The van der Waals surface area contributed by atoms with Crippen molar-refractivity contribution in [2.24, 2.45) is 0 Å². The molecule has 0 bridgehead atoms. The van der Waals surface area contributed by atoms with Crippen molar-refractivity contribution in [1.82, 2.24) is 4.72 Å². The van der Waals surface area contributed by atoms with Crippen molar-refractivity contribution in [3.05, 3.63) is 50.1 Å². The Balaban J connectivity index is 1.99. The Kier molecular flexibility index (Phi) is 5.65. The molecule has 1 aromatic carbocycles. The summed E-state index contributed by atoms with van der Waals surface area (Å²) in [5.74, 6) is 0. The summed E-state index contributed by atoms with van der Waals surface area (Å²) in [6, 6.07) is 6.57. The molecule has 0 amide bonds. The zero-order valence-electron chi connectivity index (χ0n) is 10.8. The minimum atomic E-state index is -3.56. The zero-order chi connectivity index (χ0) is 15.5. The Morgan fingerprint density at radius 2 is 2.00 bits per heavy atom. The summed E-state index contributed by atoms with van der Waals surface area (Å²) in [5.41, 5.74) is 0.824. The number of benzene rings is 1. The minimum Gasteiger partial charge on any atom is -0.391 e. The molecule has 8 heteroatoms. The van der Waals surface area contributed by atoms with E-state index in [1.165, 1.54) is 22.8 Å². The largest absolute Gasteiger partial charge is 0.391 e. The molecule has 0 saturated carbocycles. The Labute approximate surface area is 137 Å². The van der Waals surface area contributed by atoms with Crippen LogP contribution >= 0.6 is 34.5 Å². The molecule has 2 rings (SSSR count). The number of hydrogen-bond acceptors (Lipinski definition) is 4. The number of halogens is 2. The number of sulfonamides is 1. The van der Waals surface area contributed by atoms with E-state index in [1.807, 2.05) is 0 Å². The van der Waals surface area contributed by atoms with Gasteiger partial charge in [-0.05, 0) is 30.2 Å². The van der Waals surface area contributed by atoms with E-state index in [1.54, 1.807) is 18.2 Å². The first-order chi connectivity index (χ1) is 9.92. The molecule has 4 nitrogen and oxygen atoms in total. The summed E-state index contributed by atoms with van der Waals surface area (Å²) in [6.07, 6.45) is 0.465. The van der Waals surface area contributed by atoms with Crippen LogP contribution in [0.25, 0.3) is 0 Å². The number of nitrogens with one attached hydrogen (secondary N) is 1. The van der Waals surface area contributed by atoms with Gasteiger partial charge in [-0.2, -0.15) is 0 Å². The van der Waals surface area contributed by atoms with Crippen LogP contribution in [0.4, 0.5) is 0 Å². The Hall–Kier alpha value is -0.630. The Bertz CT molecular complexity index is 729. The molecule has 0 aliphatic carbocycles. The van der Waals surface area contributed by atoms with E-state index in [-0.39, 0.29) is 18.0 Å². The fourth-order valence-electron chi connectivity index (χ4n) is 1.71.